The van der Waals surface area contributed by atoms with Gasteiger partial charge in [0.15, 0.2) is 17.5 Å². The smallest absolute Gasteiger partial charge is 0.315 e. The second-order valence-corrected chi connectivity index (χ2v) is 9.24. The Hall–Kier alpha value is -3.93. The molecule has 1 amide bonds. The molecule has 0 saturated carbocycles. The maximum Gasteiger partial charge on any atom is 0.315 e. The Labute approximate surface area is 205 Å². The van der Waals surface area contributed by atoms with Crippen molar-refractivity contribution in [3.8, 4) is 11.4 Å². The number of carbonyl (C=O) groups excluding carboxylic acids is 1. The molecule has 182 valence electrons. The monoisotopic (exact) mass is 499 g/mol. The Balaban J connectivity index is 1.53. The number of halogens is 2. The molecule has 3 aromatic heterocycles. The van der Waals surface area contributed by atoms with E-state index in [1.54, 1.807) is 37.1 Å². The highest BCUT2D eigenvalue weighted by atomic mass is 35.5. The number of anilines is 2. The minimum atomic E-state index is -0.725. The van der Waals surface area contributed by atoms with Crippen LogP contribution in [0.4, 0.5) is 16.0 Å². The molecule has 3 heterocycles. The van der Waals surface area contributed by atoms with Gasteiger partial charge in [-0.2, -0.15) is 15.1 Å². The van der Waals surface area contributed by atoms with E-state index in [4.69, 9.17) is 16.1 Å². The predicted octanol–water partition coefficient (Wildman–Crippen LogP) is 3.98. The molecular weight excluding hydrogens is 477 g/mol. The van der Waals surface area contributed by atoms with Crippen molar-refractivity contribution in [3.05, 3.63) is 59.0 Å². The summed E-state index contributed by atoms with van der Waals surface area (Å²) in [6, 6.07) is 2.44. The van der Waals surface area contributed by atoms with Crippen LogP contribution in [0.2, 0.25) is 5.02 Å². The van der Waals surface area contributed by atoms with E-state index in [0.29, 0.717) is 17.1 Å². The lowest BCUT2D eigenvalue weighted by Gasteiger charge is -2.16. The fourth-order valence-electron chi connectivity index (χ4n) is 3.13. The van der Waals surface area contributed by atoms with E-state index in [-0.39, 0.29) is 33.7 Å². The van der Waals surface area contributed by atoms with E-state index >= 15 is 4.39 Å². The van der Waals surface area contributed by atoms with Crippen LogP contribution < -0.4 is 10.6 Å². The fourth-order valence-corrected chi connectivity index (χ4v) is 3.46. The Morgan fingerprint density at radius 1 is 1.23 bits per heavy atom. The molecule has 2 N–H and O–H groups in total. The first-order valence-corrected chi connectivity index (χ1v) is 11.0. The van der Waals surface area contributed by atoms with Gasteiger partial charge in [-0.25, -0.2) is 14.4 Å². The van der Waals surface area contributed by atoms with Gasteiger partial charge in [0.2, 0.25) is 5.95 Å². The van der Waals surface area contributed by atoms with Gasteiger partial charge in [0.25, 0.3) is 0 Å². The van der Waals surface area contributed by atoms with Crippen LogP contribution in [-0.4, -0.2) is 40.8 Å². The zero-order valence-corrected chi connectivity index (χ0v) is 20.4. The molecule has 0 bridgehead atoms. The highest BCUT2D eigenvalue weighted by molar-refractivity contribution is 6.31. The lowest BCUT2D eigenvalue weighted by molar-refractivity contribution is 0.0895. The molecule has 4 rings (SSSR count). The molecule has 13 heteroatoms. The zero-order valence-electron chi connectivity index (χ0n) is 19.7. The average Bonchev–Trinajstić information content (AvgIpc) is 3.45. The maximum absolute atomic E-state index is 15.2. The standard InChI is InChI=1S/C22H23ClFN9O2/c1-11(28-18(34)19-31-20(32-35-19)22(2,3)4)13-6-7-14(16(24)15(13)23)17-25-10-26-21(30-17)29-12-8-27-33(5)9-12/h6-11H,1-5H3,(H,28,34)(H,25,26,29,30). The summed E-state index contributed by atoms with van der Waals surface area (Å²) >= 11 is 6.33. The van der Waals surface area contributed by atoms with Gasteiger partial charge in [-0.05, 0) is 18.6 Å². The number of carbonyl (C=O) groups is 1. The average molecular weight is 500 g/mol. The van der Waals surface area contributed by atoms with E-state index in [2.05, 4.69) is 40.8 Å². The normalized spacial score (nSPS) is 12.4. The van der Waals surface area contributed by atoms with Gasteiger partial charge in [0, 0.05) is 18.7 Å². The summed E-state index contributed by atoms with van der Waals surface area (Å²) in [6.45, 7) is 7.36. The second kappa shape index (κ2) is 9.37. The fraction of sp³-hybridized carbons (Fsp3) is 0.318. The first kappa shape index (κ1) is 24.2. The molecular formula is C22H23ClFN9O2. The number of hydrogen-bond acceptors (Lipinski definition) is 9. The lowest BCUT2D eigenvalue weighted by atomic mass is 9.96. The van der Waals surface area contributed by atoms with E-state index in [1.165, 1.54) is 12.4 Å². The molecule has 0 aliphatic carbocycles. The number of hydrogen-bond donors (Lipinski definition) is 2. The minimum Gasteiger partial charge on any atom is -0.341 e. The Morgan fingerprint density at radius 2 is 2.00 bits per heavy atom. The summed E-state index contributed by atoms with van der Waals surface area (Å²) < 4.78 is 21.9. The molecule has 11 nitrogen and oxygen atoms in total. The summed E-state index contributed by atoms with van der Waals surface area (Å²) in [5, 5.41) is 13.4. The zero-order chi connectivity index (χ0) is 25.3. The number of benzene rings is 1. The Morgan fingerprint density at radius 3 is 2.66 bits per heavy atom. The van der Waals surface area contributed by atoms with Gasteiger partial charge in [-0.1, -0.05) is 43.6 Å². The van der Waals surface area contributed by atoms with Crippen LogP contribution in [0.15, 0.2) is 35.4 Å². The van der Waals surface area contributed by atoms with Crippen LogP contribution in [0, 0.1) is 5.82 Å². The quantitative estimate of drug-likeness (QED) is 0.403. The van der Waals surface area contributed by atoms with Crippen molar-refractivity contribution < 1.29 is 13.7 Å². The van der Waals surface area contributed by atoms with E-state index in [0.717, 1.165) is 0 Å². The van der Waals surface area contributed by atoms with Crippen LogP contribution in [0.1, 0.15) is 55.8 Å². The summed E-state index contributed by atoms with van der Waals surface area (Å²) in [5.41, 5.74) is 0.734. The molecule has 0 aliphatic rings. The summed E-state index contributed by atoms with van der Waals surface area (Å²) in [4.78, 5) is 29.1. The number of rotatable bonds is 6. The van der Waals surface area contributed by atoms with Gasteiger partial charge in [0.05, 0.1) is 28.5 Å². The Kier molecular flexibility index (Phi) is 6.48. The highest BCUT2D eigenvalue weighted by Gasteiger charge is 2.26. The number of aromatic nitrogens is 7. The van der Waals surface area contributed by atoms with Gasteiger partial charge >= 0.3 is 11.8 Å². The minimum absolute atomic E-state index is 0.0839. The van der Waals surface area contributed by atoms with Gasteiger partial charge in [-0.15, -0.1) is 0 Å². The second-order valence-electron chi connectivity index (χ2n) is 8.86. The third-order valence-corrected chi connectivity index (χ3v) is 5.38. The number of aryl methyl sites for hydroxylation is 1. The third-order valence-electron chi connectivity index (χ3n) is 4.99. The van der Waals surface area contributed by atoms with E-state index < -0.39 is 17.8 Å². The van der Waals surface area contributed by atoms with Crippen molar-refractivity contribution in [2.24, 2.45) is 7.05 Å². The molecule has 1 aromatic carbocycles. The lowest BCUT2D eigenvalue weighted by Crippen LogP contribution is -2.27. The van der Waals surface area contributed by atoms with Gasteiger partial charge < -0.3 is 15.2 Å². The molecule has 0 aliphatic heterocycles. The first-order chi connectivity index (χ1) is 16.5. The first-order valence-electron chi connectivity index (χ1n) is 10.6. The summed E-state index contributed by atoms with van der Waals surface area (Å²) in [5.74, 6) is -0.791. The van der Waals surface area contributed by atoms with Crippen LogP contribution in [0.25, 0.3) is 11.4 Å². The topological polar surface area (TPSA) is 137 Å². The molecule has 0 spiro atoms. The number of amides is 1. The number of nitrogens with zero attached hydrogens (tertiary/aromatic N) is 7. The van der Waals surface area contributed by atoms with Crippen LogP contribution in [0.5, 0.6) is 0 Å². The Bertz CT molecular complexity index is 1380. The predicted molar refractivity (Wildman–Crippen MR) is 126 cm³/mol. The van der Waals surface area contributed by atoms with E-state index in [1.807, 2.05) is 20.8 Å². The van der Waals surface area contributed by atoms with Gasteiger partial charge in [-0.3, -0.25) is 9.48 Å². The molecule has 1 atom stereocenters. The van der Waals surface area contributed by atoms with Crippen molar-refractivity contribution in [2.75, 3.05) is 5.32 Å². The summed E-state index contributed by atoms with van der Waals surface area (Å²) in [6.07, 6.45) is 4.61. The molecule has 0 fully saturated rings. The van der Waals surface area contributed by atoms with Crippen LogP contribution in [0.3, 0.4) is 0 Å². The van der Waals surface area contributed by atoms with Crippen molar-refractivity contribution >= 4 is 29.1 Å². The maximum atomic E-state index is 15.2. The molecule has 0 radical (unpaired) electrons. The SMILES string of the molecule is CC(NC(=O)c1nc(C(C)(C)C)no1)c1ccc(-c2ncnc(Nc3cnn(C)c3)n2)c(F)c1Cl. The molecule has 0 saturated heterocycles. The van der Waals surface area contributed by atoms with Crippen LogP contribution in [-0.2, 0) is 12.5 Å². The molecule has 4 aromatic rings. The van der Waals surface area contributed by atoms with Crippen molar-refractivity contribution in [1.29, 1.82) is 0 Å². The van der Waals surface area contributed by atoms with E-state index in [9.17, 15) is 4.79 Å². The van der Waals surface area contributed by atoms with Crippen molar-refractivity contribution in [3.63, 3.8) is 0 Å². The van der Waals surface area contributed by atoms with Crippen molar-refractivity contribution in [2.45, 2.75) is 39.2 Å². The highest BCUT2D eigenvalue weighted by Crippen LogP contribution is 2.32. The summed E-state index contributed by atoms with van der Waals surface area (Å²) in [7, 11) is 1.78. The van der Waals surface area contributed by atoms with Crippen LogP contribution >= 0.6 is 11.6 Å². The molecule has 1 unspecified atom stereocenters. The number of nitrogens with one attached hydrogen (secondary N) is 2. The van der Waals surface area contributed by atoms with Gasteiger partial charge in [0.1, 0.15) is 6.33 Å². The third kappa shape index (κ3) is 5.27. The molecule has 35 heavy (non-hydrogen) atoms. The largest absolute Gasteiger partial charge is 0.341 e. The van der Waals surface area contributed by atoms with Crippen molar-refractivity contribution in [1.82, 2.24) is 40.2 Å².